The number of nitrogens with zero attached hydrogens (tertiary/aromatic N) is 1. The number of phenolic OH excluding ortho intramolecular Hbond substituents is 2. The van der Waals surface area contributed by atoms with E-state index < -0.39 is 11.6 Å². The molecular weight excluding hydrogens is 662 g/mol. The molecule has 6 nitrogen and oxygen atoms in total. The molecule has 0 spiro atoms. The van der Waals surface area contributed by atoms with Crippen LogP contribution in [0.3, 0.4) is 0 Å². The highest BCUT2D eigenvalue weighted by Gasteiger charge is 2.33. The zero-order chi connectivity index (χ0) is 29.1. The van der Waals surface area contributed by atoms with E-state index in [1.54, 1.807) is 24.3 Å². The Morgan fingerprint density at radius 2 is 1.25 bits per heavy atom. The first kappa shape index (κ1) is 29.8. The molecule has 0 saturated carbocycles. The Balaban J connectivity index is 0.000000461. The van der Waals surface area contributed by atoms with Crippen molar-refractivity contribution in [2.24, 2.45) is 0 Å². The summed E-state index contributed by atoms with van der Waals surface area (Å²) in [5, 5.41) is 20.0. The lowest BCUT2D eigenvalue weighted by atomic mass is 10.1. The fraction of sp³-hybridized carbons (Fsp3) is 0.0345. The molecule has 3 N–H and O–H groups in total. The Kier molecular flexibility index (Phi) is 9.33. The number of para-hydroxylation sites is 2. The number of aromatic amines is 1. The predicted octanol–water partition coefficient (Wildman–Crippen LogP) is 9.05. The number of H-pyrrole nitrogens is 1. The Hall–Kier alpha value is -3.20. The molecule has 0 radical (unpaired) electrons. The van der Waals surface area contributed by atoms with Gasteiger partial charge in [-0.05, 0) is 47.1 Å². The van der Waals surface area contributed by atoms with Crippen molar-refractivity contribution >= 4 is 73.9 Å². The van der Waals surface area contributed by atoms with Crippen LogP contribution in [-0.4, -0.2) is 31.3 Å². The van der Waals surface area contributed by atoms with Gasteiger partial charge in [-0.25, -0.2) is 0 Å². The predicted molar refractivity (Wildman–Crippen MR) is 162 cm³/mol. The molecule has 0 atom stereocenters. The normalized spacial score (nSPS) is 10.7. The zero-order valence-electron chi connectivity index (χ0n) is 20.6. The van der Waals surface area contributed by atoms with Crippen LogP contribution in [0.15, 0.2) is 83.3 Å². The third-order valence-electron chi connectivity index (χ3n) is 5.78. The van der Waals surface area contributed by atoms with Gasteiger partial charge < -0.3 is 15.2 Å². The molecule has 2 heterocycles. The second-order valence-corrected chi connectivity index (χ2v) is 10.7. The summed E-state index contributed by atoms with van der Waals surface area (Å²) >= 11 is 28.7. The van der Waals surface area contributed by atoms with Gasteiger partial charge in [-0.1, -0.05) is 107 Å². The first-order chi connectivity index (χ1) is 19.0. The number of rotatable bonds is 5. The van der Waals surface area contributed by atoms with Crippen molar-refractivity contribution in [2.75, 3.05) is 0 Å². The minimum Gasteiger partial charge on any atom is -0.507 e. The molecule has 5 aromatic rings. The maximum atomic E-state index is 13.4. The summed E-state index contributed by atoms with van der Waals surface area (Å²) in [6.45, 7) is 2.08. The quantitative estimate of drug-likeness (QED) is 0.162. The van der Waals surface area contributed by atoms with Crippen molar-refractivity contribution in [1.29, 1.82) is 0 Å². The van der Waals surface area contributed by atoms with Crippen molar-refractivity contribution in [3.8, 4) is 17.2 Å². The highest BCUT2D eigenvalue weighted by molar-refractivity contribution is 9.10. The van der Waals surface area contributed by atoms with Crippen LogP contribution in [0.1, 0.15) is 37.7 Å². The van der Waals surface area contributed by atoms with Gasteiger partial charge in [0.25, 0.3) is 0 Å². The number of aromatic nitrogens is 2. The number of hydrogen-bond donors (Lipinski definition) is 3. The van der Waals surface area contributed by atoms with Crippen molar-refractivity contribution in [1.82, 2.24) is 9.55 Å². The summed E-state index contributed by atoms with van der Waals surface area (Å²) in [6.07, 6.45) is 0. The molecule has 0 aliphatic rings. The second kappa shape index (κ2) is 12.5. The van der Waals surface area contributed by atoms with E-state index in [1.807, 2.05) is 18.2 Å². The SMILES string of the molecule is Cc1ccccc1.O=C(c1ccccc1O)c1[nH]c(Cl)c(Cl)c1-n1c(Cl)c(Cl)c(Br)c1C(=O)c1ccccc1O. The van der Waals surface area contributed by atoms with Crippen LogP contribution < -0.4 is 0 Å². The van der Waals surface area contributed by atoms with E-state index in [9.17, 15) is 19.8 Å². The summed E-state index contributed by atoms with van der Waals surface area (Å²) in [7, 11) is 0. The molecule has 0 fully saturated rings. The topological polar surface area (TPSA) is 95.3 Å². The van der Waals surface area contributed by atoms with Gasteiger partial charge in [-0.15, -0.1) is 0 Å². The molecule has 0 bridgehead atoms. The number of carbonyl (C=O) groups is 2. The average molecular weight is 681 g/mol. The Morgan fingerprint density at radius 3 is 1.75 bits per heavy atom. The number of benzene rings is 3. The van der Waals surface area contributed by atoms with Gasteiger partial charge in [0.1, 0.15) is 38.2 Å². The standard InChI is InChI=1S/C22H11BrCl4N2O4.C7H8/c23-13-14(24)22(27)29(17(13)20(33)10-6-2-4-8-12(10)31)18-15(25)21(26)28-16(18)19(32)9-5-1-3-7-11(9)30;1-7-5-3-2-4-6-7/h1-8,28,30-31H;2-6H,1H3. The zero-order valence-corrected chi connectivity index (χ0v) is 25.2. The van der Waals surface area contributed by atoms with Crippen LogP contribution in [0.5, 0.6) is 11.5 Å². The number of aromatic hydroxyl groups is 2. The fourth-order valence-electron chi connectivity index (χ4n) is 3.84. The van der Waals surface area contributed by atoms with Gasteiger partial charge in [0, 0.05) is 0 Å². The fourth-order valence-corrected chi connectivity index (χ4v) is 5.35. The maximum Gasteiger partial charge on any atom is 0.215 e. The summed E-state index contributed by atoms with van der Waals surface area (Å²) in [6, 6.07) is 22.1. The molecule has 204 valence electrons. The molecule has 2 aromatic heterocycles. The Labute approximate surface area is 257 Å². The molecule has 40 heavy (non-hydrogen) atoms. The molecule has 0 aliphatic carbocycles. The molecule has 11 heteroatoms. The van der Waals surface area contributed by atoms with E-state index in [4.69, 9.17) is 46.4 Å². The lowest BCUT2D eigenvalue weighted by Gasteiger charge is -2.13. The number of nitrogens with one attached hydrogen (secondary N) is 1. The number of aryl methyl sites for hydroxylation is 1. The lowest BCUT2D eigenvalue weighted by Crippen LogP contribution is -2.13. The minimum atomic E-state index is -0.658. The monoisotopic (exact) mass is 678 g/mol. The van der Waals surface area contributed by atoms with Gasteiger partial charge in [-0.2, -0.15) is 0 Å². The van der Waals surface area contributed by atoms with Crippen molar-refractivity contribution in [3.05, 3.63) is 132 Å². The van der Waals surface area contributed by atoms with E-state index in [2.05, 4.69) is 40.0 Å². The first-order valence-electron chi connectivity index (χ1n) is 11.5. The minimum absolute atomic E-state index is 0.0233. The molecule has 0 amide bonds. The van der Waals surface area contributed by atoms with E-state index in [0.29, 0.717) is 0 Å². The van der Waals surface area contributed by atoms with Crippen LogP contribution in [0.25, 0.3) is 5.69 Å². The summed E-state index contributed by atoms with van der Waals surface area (Å²) < 4.78 is 1.29. The number of halogens is 5. The Bertz CT molecular complexity index is 1730. The average Bonchev–Trinajstić information content (AvgIpc) is 3.35. The van der Waals surface area contributed by atoms with Crippen LogP contribution >= 0.6 is 62.3 Å². The number of carbonyl (C=O) groups excluding carboxylic acids is 2. The Morgan fingerprint density at radius 1 is 0.750 bits per heavy atom. The second-order valence-electron chi connectivity index (χ2n) is 8.43. The van der Waals surface area contributed by atoms with Gasteiger partial charge in [0.15, 0.2) is 0 Å². The van der Waals surface area contributed by atoms with Crippen molar-refractivity contribution in [3.63, 3.8) is 0 Å². The van der Waals surface area contributed by atoms with Gasteiger partial charge in [0.2, 0.25) is 11.6 Å². The van der Waals surface area contributed by atoms with Gasteiger partial charge in [-0.3, -0.25) is 14.2 Å². The highest BCUT2D eigenvalue weighted by atomic mass is 79.9. The van der Waals surface area contributed by atoms with E-state index >= 15 is 0 Å². The summed E-state index contributed by atoms with van der Waals surface area (Å²) in [4.78, 5) is 29.4. The summed E-state index contributed by atoms with van der Waals surface area (Å²) in [5.41, 5.74) is 0.968. The largest absolute Gasteiger partial charge is 0.507 e. The van der Waals surface area contributed by atoms with Gasteiger partial charge in [0.05, 0.1) is 26.3 Å². The third kappa shape index (κ3) is 5.80. The van der Waals surface area contributed by atoms with Crippen LogP contribution in [0.4, 0.5) is 0 Å². The molecule has 0 unspecified atom stereocenters. The third-order valence-corrected chi connectivity index (χ3v) is 8.35. The van der Waals surface area contributed by atoms with Crippen LogP contribution in [-0.2, 0) is 0 Å². The molecule has 0 saturated heterocycles. The number of hydrogen-bond acceptors (Lipinski definition) is 4. The van der Waals surface area contributed by atoms with Crippen molar-refractivity contribution in [2.45, 2.75) is 6.92 Å². The molecule has 0 aliphatic heterocycles. The maximum absolute atomic E-state index is 13.4. The van der Waals surface area contributed by atoms with Crippen molar-refractivity contribution < 1.29 is 19.8 Å². The van der Waals surface area contributed by atoms with E-state index in [0.717, 1.165) is 0 Å². The first-order valence-corrected chi connectivity index (χ1v) is 13.8. The van der Waals surface area contributed by atoms with Gasteiger partial charge >= 0.3 is 0 Å². The molecular formula is C29H19BrCl4N2O4. The number of ketones is 2. The van der Waals surface area contributed by atoms with E-state index in [-0.39, 0.29) is 64.5 Å². The van der Waals surface area contributed by atoms with Crippen LogP contribution in [0, 0.1) is 6.92 Å². The van der Waals surface area contributed by atoms with E-state index in [1.165, 1.54) is 34.4 Å². The highest BCUT2D eigenvalue weighted by Crippen LogP contribution is 2.44. The number of phenols is 2. The van der Waals surface area contributed by atoms with Crippen LogP contribution in [0.2, 0.25) is 20.4 Å². The smallest absolute Gasteiger partial charge is 0.215 e. The molecule has 5 rings (SSSR count). The lowest BCUT2D eigenvalue weighted by molar-refractivity contribution is 0.101. The molecule has 3 aromatic carbocycles. The summed E-state index contributed by atoms with van der Waals surface area (Å²) in [5.74, 6) is -1.84.